The smallest absolute Gasteiger partial charge is 0.129 e. The maximum Gasteiger partial charge on any atom is 0.129 e. The lowest BCUT2D eigenvalue weighted by Gasteiger charge is -2.03. The Morgan fingerprint density at radius 3 is 1.89 bits per heavy atom. The predicted octanol–water partition coefficient (Wildman–Crippen LogP) is 8.44. The first-order valence-corrected chi connectivity index (χ1v) is 11.8. The lowest BCUT2D eigenvalue weighted by molar-refractivity contribution is -0.117. The van der Waals surface area contributed by atoms with E-state index in [0.29, 0.717) is 5.78 Å². The van der Waals surface area contributed by atoms with Crippen molar-refractivity contribution in [3.63, 3.8) is 0 Å². The van der Waals surface area contributed by atoms with Crippen LogP contribution in [-0.2, 0) is 4.79 Å². The fourth-order valence-corrected chi connectivity index (χ4v) is 3.14. The molecule has 2 nitrogen and oxygen atoms in total. The van der Waals surface area contributed by atoms with Crippen LogP contribution in [0.25, 0.3) is 0 Å². The van der Waals surface area contributed by atoms with Crippen molar-refractivity contribution >= 4 is 5.78 Å². The van der Waals surface area contributed by atoms with Crippen LogP contribution in [0.4, 0.5) is 0 Å². The summed E-state index contributed by atoms with van der Waals surface area (Å²) >= 11 is 0. The molecule has 1 N–H and O–H groups in total. The molecule has 0 saturated heterocycles. The molecule has 168 valence electrons. The highest BCUT2D eigenvalue weighted by Gasteiger charge is 2.12. The number of hydrogen-bond acceptors (Lipinski definition) is 2. The SMILES string of the molecule is C/C=C\CCCC(C)=O.C=CCCC1CCCC1.CCCCCCCC.CO. The lowest BCUT2D eigenvalue weighted by Crippen LogP contribution is -1.90. The first-order valence-electron chi connectivity index (χ1n) is 11.8. The van der Waals surface area contributed by atoms with Crippen molar-refractivity contribution in [2.75, 3.05) is 7.11 Å². The molecule has 28 heavy (non-hydrogen) atoms. The third kappa shape index (κ3) is 32.8. The summed E-state index contributed by atoms with van der Waals surface area (Å²) in [6, 6.07) is 0. The number of carbonyl (C=O) groups is 1. The molecule has 0 radical (unpaired) electrons. The van der Waals surface area contributed by atoms with Crippen LogP contribution in [0, 0.1) is 5.92 Å². The third-order valence-corrected chi connectivity index (χ3v) is 4.85. The van der Waals surface area contributed by atoms with Gasteiger partial charge in [0.15, 0.2) is 0 Å². The molecule has 0 aromatic carbocycles. The molecular formula is C26H52O2. The zero-order valence-corrected chi connectivity index (χ0v) is 20.0. The van der Waals surface area contributed by atoms with Gasteiger partial charge in [-0.2, -0.15) is 0 Å². The normalized spacial score (nSPS) is 12.9. The Labute approximate surface area is 177 Å². The van der Waals surface area contributed by atoms with E-state index in [1.54, 1.807) is 6.92 Å². The Kier molecular flexibility index (Phi) is 35.0. The average molecular weight is 397 g/mol. The fourth-order valence-electron chi connectivity index (χ4n) is 3.14. The van der Waals surface area contributed by atoms with Gasteiger partial charge in [0.1, 0.15) is 5.78 Å². The van der Waals surface area contributed by atoms with Gasteiger partial charge in [-0.15, -0.1) is 6.58 Å². The van der Waals surface area contributed by atoms with Gasteiger partial charge in [0, 0.05) is 13.5 Å². The van der Waals surface area contributed by atoms with Crippen molar-refractivity contribution in [2.45, 2.75) is 124 Å². The van der Waals surface area contributed by atoms with Gasteiger partial charge in [-0.1, -0.05) is 96.3 Å². The summed E-state index contributed by atoms with van der Waals surface area (Å²) in [7, 11) is 1.00. The van der Waals surface area contributed by atoms with Crippen molar-refractivity contribution in [1.82, 2.24) is 0 Å². The zero-order valence-electron chi connectivity index (χ0n) is 20.0. The predicted molar refractivity (Wildman–Crippen MR) is 128 cm³/mol. The van der Waals surface area contributed by atoms with E-state index in [2.05, 4.69) is 26.5 Å². The molecule has 1 aliphatic rings. The molecule has 0 unspecified atom stereocenters. The van der Waals surface area contributed by atoms with E-state index in [9.17, 15) is 4.79 Å². The molecule has 1 rings (SSSR count). The van der Waals surface area contributed by atoms with Crippen LogP contribution in [0.5, 0.6) is 0 Å². The summed E-state index contributed by atoms with van der Waals surface area (Å²) in [5.74, 6) is 1.34. The second-order valence-electron chi connectivity index (χ2n) is 7.59. The first kappa shape index (κ1) is 31.8. The molecule has 0 bridgehead atoms. The third-order valence-electron chi connectivity index (χ3n) is 4.85. The molecule has 0 atom stereocenters. The molecular weight excluding hydrogens is 344 g/mol. The minimum atomic E-state index is 0.291. The van der Waals surface area contributed by atoms with Crippen LogP contribution < -0.4 is 0 Å². The van der Waals surface area contributed by atoms with Gasteiger partial charge in [-0.25, -0.2) is 0 Å². The Morgan fingerprint density at radius 2 is 1.50 bits per heavy atom. The minimum Gasteiger partial charge on any atom is -0.400 e. The molecule has 1 fully saturated rings. The number of ketones is 1. The highest BCUT2D eigenvalue weighted by Crippen LogP contribution is 2.28. The number of aliphatic hydroxyl groups is 1. The van der Waals surface area contributed by atoms with E-state index in [1.807, 2.05) is 19.1 Å². The van der Waals surface area contributed by atoms with E-state index in [1.165, 1.54) is 77.0 Å². The molecule has 0 aromatic heterocycles. The van der Waals surface area contributed by atoms with Gasteiger partial charge in [0.05, 0.1) is 0 Å². The second kappa shape index (κ2) is 30.8. The molecule has 1 saturated carbocycles. The Balaban J connectivity index is -0.000000321. The maximum atomic E-state index is 10.4. The zero-order chi connectivity index (χ0) is 21.9. The number of allylic oxidation sites excluding steroid dienone is 3. The topological polar surface area (TPSA) is 37.3 Å². The number of hydrogen-bond donors (Lipinski definition) is 1. The van der Waals surface area contributed by atoms with Crippen molar-refractivity contribution < 1.29 is 9.90 Å². The van der Waals surface area contributed by atoms with Crippen LogP contribution in [0.3, 0.4) is 0 Å². The van der Waals surface area contributed by atoms with Gasteiger partial charge in [0.25, 0.3) is 0 Å². The van der Waals surface area contributed by atoms with Gasteiger partial charge in [-0.05, 0) is 45.4 Å². The summed E-state index contributed by atoms with van der Waals surface area (Å²) in [6.45, 7) is 11.9. The molecule has 0 amide bonds. The second-order valence-corrected chi connectivity index (χ2v) is 7.59. The Hall–Kier alpha value is -0.890. The summed E-state index contributed by atoms with van der Waals surface area (Å²) in [4.78, 5) is 10.4. The quantitative estimate of drug-likeness (QED) is 0.265. The molecule has 2 heteroatoms. The average Bonchev–Trinajstić information content (AvgIpc) is 3.23. The largest absolute Gasteiger partial charge is 0.400 e. The summed E-state index contributed by atoms with van der Waals surface area (Å²) in [5, 5.41) is 7.00. The molecule has 0 spiro atoms. The molecule has 0 heterocycles. The Bertz CT molecular complexity index is 308. The fraction of sp³-hybridized carbons (Fsp3) is 0.808. The highest BCUT2D eigenvalue weighted by atomic mass is 16.2. The van der Waals surface area contributed by atoms with Crippen molar-refractivity contribution in [3.05, 3.63) is 24.8 Å². The van der Waals surface area contributed by atoms with Gasteiger partial charge >= 0.3 is 0 Å². The summed E-state index contributed by atoms with van der Waals surface area (Å²) in [5.41, 5.74) is 0. The molecule has 0 aliphatic heterocycles. The molecule has 1 aliphatic carbocycles. The number of rotatable bonds is 12. The molecule has 0 aromatic rings. The monoisotopic (exact) mass is 396 g/mol. The van der Waals surface area contributed by atoms with Crippen molar-refractivity contribution in [1.29, 1.82) is 0 Å². The van der Waals surface area contributed by atoms with Crippen LogP contribution in [0.15, 0.2) is 24.8 Å². The minimum absolute atomic E-state index is 0.291. The van der Waals surface area contributed by atoms with Crippen molar-refractivity contribution in [2.24, 2.45) is 5.92 Å². The number of aliphatic hydroxyl groups excluding tert-OH is 1. The van der Waals surface area contributed by atoms with Crippen LogP contribution in [0.2, 0.25) is 0 Å². The van der Waals surface area contributed by atoms with Crippen LogP contribution >= 0.6 is 0 Å². The highest BCUT2D eigenvalue weighted by molar-refractivity contribution is 5.75. The van der Waals surface area contributed by atoms with E-state index >= 15 is 0 Å². The first-order chi connectivity index (χ1) is 13.6. The standard InChI is InChI=1S/C9H16.C8H14O.C8H18.CH4O/c1-2-3-6-9-7-4-5-8-9;1-3-4-5-6-7-8(2)9;1-3-5-7-8-6-4-2;1-2/h2,9H,1,3-8H2;3-4H,5-7H2,1-2H3;3-8H2,1-2H3;2H,1H3/b;4-3-;;. The lowest BCUT2D eigenvalue weighted by atomic mass is 10.0. The maximum absolute atomic E-state index is 10.4. The number of carbonyl (C=O) groups excluding carboxylic acids is 1. The summed E-state index contributed by atoms with van der Waals surface area (Å²) < 4.78 is 0. The van der Waals surface area contributed by atoms with E-state index in [-0.39, 0.29) is 0 Å². The van der Waals surface area contributed by atoms with Gasteiger partial charge < -0.3 is 9.90 Å². The van der Waals surface area contributed by atoms with E-state index < -0.39 is 0 Å². The summed E-state index contributed by atoms with van der Waals surface area (Å²) in [6.07, 6.45) is 25.9. The van der Waals surface area contributed by atoms with Gasteiger partial charge in [-0.3, -0.25) is 0 Å². The van der Waals surface area contributed by atoms with Gasteiger partial charge in [0.2, 0.25) is 0 Å². The van der Waals surface area contributed by atoms with Crippen LogP contribution in [-0.4, -0.2) is 18.0 Å². The number of Topliss-reactive ketones (excluding diaryl/α,β-unsaturated/α-hetero) is 1. The Morgan fingerprint density at radius 1 is 0.964 bits per heavy atom. The number of unbranched alkanes of at least 4 members (excludes halogenated alkanes) is 6. The van der Waals surface area contributed by atoms with Crippen molar-refractivity contribution in [3.8, 4) is 0 Å². The van der Waals surface area contributed by atoms with Crippen LogP contribution in [0.1, 0.15) is 124 Å². The van der Waals surface area contributed by atoms with E-state index in [4.69, 9.17) is 5.11 Å². The van der Waals surface area contributed by atoms with E-state index in [0.717, 1.165) is 32.3 Å².